The second-order valence-corrected chi connectivity index (χ2v) is 9.70. The van der Waals surface area contributed by atoms with E-state index in [9.17, 15) is 9.59 Å². The number of para-hydroxylation sites is 1. The molecule has 184 valence electrons. The third-order valence-electron chi connectivity index (χ3n) is 7.33. The monoisotopic (exact) mass is 467 g/mol. The molecule has 0 bridgehead atoms. The predicted octanol–water partition coefficient (Wildman–Crippen LogP) is 2.04. The summed E-state index contributed by atoms with van der Waals surface area (Å²) in [5.41, 5.74) is 2.92. The Labute approximate surface area is 202 Å². The van der Waals surface area contributed by atoms with Gasteiger partial charge in [-0.3, -0.25) is 14.3 Å². The van der Waals surface area contributed by atoms with E-state index in [-0.39, 0.29) is 23.8 Å². The third kappa shape index (κ3) is 5.60. The number of hydrogen-bond donors (Lipinski definition) is 0. The molecule has 2 aliphatic rings. The maximum Gasteiger partial charge on any atom is 0.227 e. The van der Waals surface area contributed by atoms with Gasteiger partial charge in [-0.25, -0.2) is 0 Å². The lowest BCUT2D eigenvalue weighted by Crippen LogP contribution is -2.52. The summed E-state index contributed by atoms with van der Waals surface area (Å²) >= 11 is 0. The lowest BCUT2D eigenvalue weighted by atomic mass is 9.90. The Morgan fingerprint density at radius 3 is 2.32 bits per heavy atom. The number of benzene rings is 1. The van der Waals surface area contributed by atoms with E-state index in [0.717, 1.165) is 48.9 Å². The minimum absolute atomic E-state index is 0.0406. The van der Waals surface area contributed by atoms with Crippen LogP contribution in [0.5, 0.6) is 5.75 Å². The van der Waals surface area contributed by atoms with Crippen molar-refractivity contribution in [3.05, 3.63) is 47.3 Å². The Kier molecular flexibility index (Phi) is 7.56. The highest BCUT2D eigenvalue weighted by atomic mass is 16.5. The Hall–Kier alpha value is -2.87. The molecule has 0 N–H and O–H groups in total. The van der Waals surface area contributed by atoms with Crippen LogP contribution in [0.4, 0.5) is 0 Å². The summed E-state index contributed by atoms with van der Waals surface area (Å²) in [6.45, 7) is 8.43. The molecule has 8 heteroatoms. The zero-order valence-corrected chi connectivity index (χ0v) is 20.9. The quantitative estimate of drug-likeness (QED) is 0.650. The van der Waals surface area contributed by atoms with Gasteiger partial charge < -0.3 is 19.4 Å². The fraction of sp³-hybridized carbons (Fsp3) is 0.577. The first-order valence-electron chi connectivity index (χ1n) is 12.3. The number of carbonyl (C=O) groups is 2. The molecule has 0 aliphatic carbocycles. The highest BCUT2D eigenvalue weighted by Gasteiger charge is 2.36. The zero-order chi connectivity index (χ0) is 24.2. The first kappa shape index (κ1) is 24.3. The van der Waals surface area contributed by atoms with Gasteiger partial charge in [0.2, 0.25) is 11.8 Å². The van der Waals surface area contributed by atoms with E-state index in [0.29, 0.717) is 32.4 Å². The first-order valence-corrected chi connectivity index (χ1v) is 12.3. The normalized spacial score (nSPS) is 21.5. The molecular formula is C26H37N5O3. The number of ether oxygens (including phenoxy) is 1. The number of likely N-dealkylation sites (tertiary alicyclic amines) is 1. The van der Waals surface area contributed by atoms with E-state index >= 15 is 0 Å². The number of piperazine rings is 1. The molecule has 0 unspecified atom stereocenters. The van der Waals surface area contributed by atoms with E-state index < -0.39 is 0 Å². The molecule has 3 heterocycles. The molecule has 4 rings (SSSR count). The second-order valence-electron chi connectivity index (χ2n) is 9.70. The van der Waals surface area contributed by atoms with E-state index in [1.165, 1.54) is 0 Å². The van der Waals surface area contributed by atoms with Crippen molar-refractivity contribution in [1.82, 2.24) is 24.5 Å². The Bertz CT molecular complexity index is 997. The maximum atomic E-state index is 13.3. The molecule has 0 saturated carbocycles. The van der Waals surface area contributed by atoms with Crippen LogP contribution in [-0.2, 0) is 23.1 Å². The van der Waals surface area contributed by atoms with Crippen molar-refractivity contribution in [3.8, 4) is 5.75 Å². The summed E-state index contributed by atoms with van der Waals surface area (Å²) < 4.78 is 8.16. The van der Waals surface area contributed by atoms with Gasteiger partial charge in [-0.2, -0.15) is 5.10 Å². The Morgan fingerprint density at radius 2 is 1.68 bits per heavy atom. The Balaban J connectivity index is 1.45. The number of hydrogen-bond acceptors (Lipinski definition) is 5. The average Bonchev–Trinajstić information content (AvgIpc) is 3.07. The molecule has 1 aromatic heterocycles. The predicted molar refractivity (Wildman–Crippen MR) is 131 cm³/mol. The number of rotatable bonds is 6. The fourth-order valence-corrected chi connectivity index (χ4v) is 5.01. The first-order chi connectivity index (χ1) is 16.3. The molecule has 34 heavy (non-hydrogen) atoms. The van der Waals surface area contributed by atoms with Crippen molar-refractivity contribution in [3.63, 3.8) is 0 Å². The maximum absolute atomic E-state index is 13.3. The summed E-state index contributed by atoms with van der Waals surface area (Å²) in [5.74, 6) is 1.02. The lowest BCUT2D eigenvalue weighted by Gasteiger charge is -2.40. The van der Waals surface area contributed by atoms with Crippen molar-refractivity contribution in [2.24, 2.45) is 13.0 Å². The van der Waals surface area contributed by atoms with Crippen LogP contribution in [0.3, 0.4) is 0 Å². The highest BCUT2D eigenvalue weighted by molar-refractivity contribution is 5.80. The van der Waals surface area contributed by atoms with Gasteiger partial charge in [-0.1, -0.05) is 18.2 Å². The van der Waals surface area contributed by atoms with Crippen LogP contribution in [0, 0.1) is 19.8 Å². The van der Waals surface area contributed by atoms with E-state index in [1.807, 2.05) is 65.7 Å². The number of likely N-dealkylation sites (N-methyl/N-ethyl adjacent to an activating group) is 1. The summed E-state index contributed by atoms with van der Waals surface area (Å²) in [5, 5.41) is 4.45. The standard InChI is InChI=1S/C26H37N5O3/c1-19-23(20(2)29(4)27-19)17-26(33)31-11-10-24(34-22-8-6-5-7-9-22)21(18-31)16-25(32)30-14-12-28(3)13-15-30/h5-9,21,24H,10-18H2,1-4H3/t21-,24-/m0/s1. The van der Waals surface area contributed by atoms with E-state index in [4.69, 9.17) is 4.74 Å². The van der Waals surface area contributed by atoms with Crippen LogP contribution in [0.25, 0.3) is 0 Å². The molecule has 1 aromatic carbocycles. The van der Waals surface area contributed by atoms with Crippen molar-refractivity contribution >= 4 is 11.8 Å². The minimum Gasteiger partial charge on any atom is -0.490 e. The molecule has 8 nitrogen and oxygen atoms in total. The van der Waals surface area contributed by atoms with Gasteiger partial charge in [0, 0.05) is 76.3 Å². The molecule has 2 saturated heterocycles. The Morgan fingerprint density at radius 1 is 0.971 bits per heavy atom. The smallest absolute Gasteiger partial charge is 0.227 e. The lowest BCUT2D eigenvalue weighted by molar-refractivity contribution is -0.139. The second kappa shape index (κ2) is 10.6. The number of aryl methyl sites for hydroxylation is 2. The van der Waals surface area contributed by atoms with Gasteiger partial charge in [0.05, 0.1) is 12.1 Å². The zero-order valence-electron chi connectivity index (χ0n) is 20.9. The largest absolute Gasteiger partial charge is 0.490 e. The van der Waals surface area contributed by atoms with Crippen molar-refractivity contribution in [1.29, 1.82) is 0 Å². The molecule has 2 aromatic rings. The molecule has 0 spiro atoms. The summed E-state index contributed by atoms with van der Waals surface area (Å²) in [4.78, 5) is 32.6. The third-order valence-corrected chi connectivity index (χ3v) is 7.33. The van der Waals surface area contributed by atoms with Gasteiger partial charge in [-0.15, -0.1) is 0 Å². The van der Waals surface area contributed by atoms with Crippen LogP contribution >= 0.6 is 0 Å². The van der Waals surface area contributed by atoms with E-state index in [2.05, 4.69) is 17.0 Å². The topological polar surface area (TPSA) is 70.9 Å². The number of piperidine rings is 1. The van der Waals surface area contributed by atoms with Crippen LogP contribution in [0.15, 0.2) is 30.3 Å². The van der Waals surface area contributed by atoms with Crippen molar-refractivity contribution < 1.29 is 14.3 Å². The van der Waals surface area contributed by atoms with Crippen LogP contribution in [-0.4, -0.2) is 88.7 Å². The van der Waals surface area contributed by atoms with Gasteiger partial charge in [0.15, 0.2) is 0 Å². The van der Waals surface area contributed by atoms with Crippen LogP contribution < -0.4 is 4.74 Å². The molecule has 0 radical (unpaired) electrons. The molecule has 2 aliphatic heterocycles. The molecular weight excluding hydrogens is 430 g/mol. The highest BCUT2D eigenvalue weighted by Crippen LogP contribution is 2.27. The van der Waals surface area contributed by atoms with Gasteiger partial charge in [0.1, 0.15) is 11.9 Å². The number of aromatic nitrogens is 2. The summed E-state index contributed by atoms with van der Waals surface area (Å²) in [7, 11) is 3.99. The van der Waals surface area contributed by atoms with Crippen molar-refractivity contribution in [2.45, 2.75) is 39.2 Å². The molecule has 2 amide bonds. The SMILES string of the molecule is Cc1nn(C)c(C)c1CC(=O)N1CC[C@H](Oc2ccccc2)[C@@H](CC(=O)N2CCN(C)CC2)C1. The summed E-state index contributed by atoms with van der Waals surface area (Å²) in [6, 6.07) is 9.77. The number of amides is 2. The van der Waals surface area contributed by atoms with Gasteiger partial charge >= 0.3 is 0 Å². The van der Waals surface area contributed by atoms with Crippen molar-refractivity contribution in [2.75, 3.05) is 46.3 Å². The average molecular weight is 468 g/mol. The molecule has 2 atom stereocenters. The minimum atomic E-state index is -0.0928. The van der Waals surface area contributed by atoms with Gasteiger partial charge in [0.25, 0.3) is 0 Å². The molecule has 2 fully saturated rings. The number of carbonyl (C=O) groups excluding carboxylic acids is 2. The summed E-state index contributed by atoms with van der Waals surface area (Å²) in [6.07, 6.45) is 1.36. The van der Waals surface area contributed by atoms with Crippen LogP contribution in [0.2, 0.25) is 0 Å². The van der Waals surface area contributed by atoms with Crippen LogP contribution in [0.1, 0.15) is 29.8 Å². The van der Waals surface area contributed by atoms with Gasteiger partial charge in [-0.05, 0) is 33.0 Å². The van der Waals surface area contributed by atoms with E-state index in [1.54, 1.807) is 0 Å². The number of nitrogens with zero attached hydrogens (tertiary/aromatic N) is 5. The fourth-order valence-electron chi connectivity index (χ4n) is 5.01.